The van der Waals surface area contributed by atoms with Crippen molar-refractivity contribution in [2.24, 2.45) is 92.7 Å². The van der Waals surface area contributed by atoms with Gasteiger partial charge in [0.05, 0.1) is 23.7 Å². The van der Waals surface area contributed by atoms with E-state index in [0.29, 0.717) is 95.9 Å². The summed E-state index contributed by atoms with van der Waals surface area (Å²) in [6.45, 7) is 16.4. The Labute approximate surface area is 421 Å². The molecule has 70 heavy (non-hydrogen) atoms. The van der Waals surface area contributed by atoms with E-state index in [1.54, 1.807) is 0 Å². The van der Waals surface area contributed by atoms with E-state index in [4.69, 9.17) is 9.11 Å². The predicted molar refractivity (Wildman–Crippen MR) is 272 cm³/mol. The fraction of sp³-hybridized carbons (Fsp3) is 0.963. The lowest BCUT2D eigenvalue weighted by Crippen LogP contribution is -2.60. The normalized spacial score (nSPS) is 44.4. The van der Waals surface area contributed by atoms with E-state index in [9.17, 15) is 36.6 Å². The van der Waals surface area contributed by atoms with Crippen molar-refractivity contribution in [1.29, 1.82) is 0 Å². The highest BCUT2D eigenvalue weighted by Gasteiger charge is 2.65. The molecule has 8 N–H and O–H groups in total. The number of nitrogens with one attached hydrogen (secondary N) is 4. The summed E-state index contributed by atoms with van der Waals surface area (Å²) in [6.07, 6.45) is 19.8. The minimum Gasteiger partial charge on any atom is -0.393 e. The minimum absolute atomic E-state index is 0.0748. The maximum atomic E-state index is 12.5. The monoisotopic (exact) mass is 1020 g/mol. The molecular weight excluding hydrogens is 929 g/mol. The van der Waals surface area contributed by atoms with Crippen LogP contribution in [0.4, 0.5) is 0 Å². The lowest BCUT2D eigenvalue weighted by molar-refractivity contribution is -0.167. The lowest BCUT2D eigenvalue weighted by Gasteiger charge is -2.63. The van der Waals surface area contributed by atoms with Crippen LogP contribution in [0, 0.1) is 92.7 Å². The first-order valence-electron chi connectivity index (χ1n) is 28.1. The highest BCUT2D eigenvalue weighted by molar-refractivity contribution is 7.86. The van der Waals surface area contributed by atoms with Crippen molar-refractivity contribution in [3.05, 3.63) is 0 Å². The SMILES string of the molecule is C[C@H](CCC(=O)NCCS(=O)(=O)O)[C@H]1CC[C@@H]2C3[C@@H](CC[C@@]21C)[C@@]1(C)CCC(NCCNC2CC[C@@]4(C)C(C2)C[C@H](O)C2[C@H]5CC[C@H]([C@H](C)CCC(=O)NCCS(=O)(=O)O)[C@@]5(C)CC[C@H]24)CC1C[C@@H]3O. The molecule has 8 aliphatic rings. The van der Waals surface area contributed by atoms with E-state index < -0.39 is 31.7 Å². The van der Waals surface area contributed by atoms with Crippen LogP contribution < -0.4 is 21.3 Å². The summed E-state index contributed by atoms with van der Waals surface area (Å²) in [5, 5.41) is 37.3. The summed E-state index contributed by atoms with van der Waals surface area (Å²) < 4.78 is 62.3. The average Bonchev–Trinajstić information content (AvgIpc) is 3.83. The van der Waals surface area contributed by atoms with Crippen LogP contribution >= 0.6 is 0 Å². The third-order valence-electron chi connectivity index (χ3n) is 22.9. The number of hydrogen-bond donors (Lipinski definition) is 8. The van der Waals surface area contributed by atoms with Crippen LogP contribution in [0.2, 0.25) is 0 Å². The van der Waals surface area contributed by atoms with Crippen molar-refractivity contribution in [3.8, 4) is 0 Å². The zero-order valence-electron chi connectivity index (χ0n) is 43.7. The van der Waals surface area contributed by atoms with Gasteiger partial charge in [0, 0.05) is 51.1 Å². The molecule has 0 aliphatic heterocycles. The molecule has 8 rings (SSSR count). The number of carbonyl (C=O) groups is 2. The molecule has 6 unspecified atom stereocenters. The van der Waals surface area contributed by atoms with E-state index in [-0.39, 0.29) is 58.8 Å². The summed E-state index contributed by atoms with van der Waals surface area (Å²) >= 11 is 0. The summed E-state index contributed by atoms with van der Waals surface area (Å²) in [5.74, 6) is 4.23. The van der Waals surface area contributed by atoms with Gasteiger partial charge in [-0.2, -0.15) is 16.8 Å². The topological polar surface area (TPSA) is 231 Å². The average molecular weight is 1020 g/mol. The Morgan fingerprint density at radius 2 is 0.871 bits per heavy atom. The Hall–Kier alpha value is -1.40. The summed E-state index contributed by atoms with van der Waals surface area (Å²) in [6, 6.07) is 0.944. The molecule has 16 heteroatoms. The Morgan fingerprint density at radius 3 is 1.24 bits per heavy atom. The van der Waals surface area contributed by atoms with E-state index in [1.165, 1.54) is 51.4 Å². The van der Waals surface area contributed by atoms with E-state index >= 15 is 0 Å². The predicted octanol–water partition coefficient (Wildman–Crippen LogP) is 7.00. The van der Waals surface area contributed by atoms with Crippen LogP contribution in [0.15, 0.2) is 0 Å². The summed E-state index contributed by atoms with van der Waals surface area (Å²) in [5.41, 5.74) is 0.796. The minimum atomic E-state index is -4.10. The quantitative estimate of drug-likeness (QED) is 0.0483. The van der Waals surface area contributed by atoms with Crippen molar-refractivity contribution in [3.63, 3.8) is 0 Å². The van der Waals surface area contributed by atoms with Crippen molar-refractivity contribution < 1.29 is 45.7 Å². The number of hydrogen-bond acceptors (Lipinski definition) is 10. The second-order valence-electron chi connectivity index (χ2n) is 26.2. The lowest BCUT2D eigenvalue weighted by atomic mass is 9.43. The number of fused-ring (bicyclic) bond motifs is 10. The molecule has 0 aromatic heterocycles. The van der Waals surface area contributed by atoms with Gasteiger partial charge >= 0.3 is 0 Å². The number of amides is 2. The van der Waals surface area contributed by atoms with Crippen LogP contribution in [0.5, 0.6) is 0 Å². The third kappa shape index (κ3) is 11.3. The van der Waals surface area contributed by atoms with Crippen LogP contribution in [-0.4, -0.2) is 110 Å². The first-order chi connectivity index (χ1) is 32.9. The smallest absolute Gasteiger partial charge is 0.266 e. The molecule has 0 aromatic rings. The molecule has 20 atom stereocenters. The summed E-state index contributed by atoms with van der Waals surface area (Å²) in [4.78, 5) is 25.0. The number of rotatable bonds is 19. The van der Waals surface area contributed by atoms with Crippen LogP contribution in [-0.2, 0) is 29.8 Å². The fourth-order valence-corrected chi connectivity index (χ4v) is 20.0. The van der Waals surface area contributed by atoms with Gasteiger partial charge in [0.15, 0.2) is 0 Å². The number of aliphatic hydroxyl groups is 2. The van der Waals surface area contributed by atoms with Gasteiger partial charge < -0.3 is 31.5 Å². The Balaban J connectivity index is 0.768. The Morgan fingerprint density at radius 1 is 0.514 bits per heavy atom. The van der Waals surface area contributed by atoms with Crippen molar-refractivity contribution in [2.75, 3.05) is 37.7 Å². The first kappa shape index (κ1) is 54.8. The second kappa shape index (κ2) is 21.3. The van der Waals surface area contributed by atoms with Crippen molar-refractivity contribution in [2.45, 2.75) is 194 Å². The van der Waals surface area contributed by atoms with Crippen LogP contribution in [0.25, 0.3) is 0 Å². The van der Waals surface area contributed by atoms with Gasteiger partial charge in [0.1, 0.15) is 0 Å². The summed E-state index contributed by atoms with van der Waals surface area (Å²) in [7, 11) is -8.20. The Bertz CT molecular complexity index is 1940. The largest absolute Gasteiger partial charge is 0.393 e. The molecule has 0 radical (unpaired) electrons. The highest BCUT2D eigenvalue weighted by Crippen LogP contribution is 2.70. The molecule has 8 saturated carbocycles. The molecular formula is C54H94N4O10S2. The molecule has 0 saturated heterocycles. The molecule has 0 aromatic carbocycles. The van der Waals surface area contributed by atoms with Gasteiger partial charge in [-0.15, -0.1) is 0 Å². The van der Waals surface area contributed by atoms with E-state index in [0.717, 1.165) is 77.3 Å². The van der Waals surface area contributed by atoms with Gasteiger partial charge in [0.25, 0.3) is 20.2 Å². The zero-order chi connectivity index (χ0) is 50.6. The van der Waals surface area contributed by atoms with Crippen molar-refractivity contribution in [1.82, 2.24) is 21.3 Å². The van der Waals surface area contributed by atoms with Gasteiger partial charge in [-0.25, -0.2) is 0 Å². The highest BCUT2D eigenvalue weighted by atomic mass is 32.2. The van der Waals surface area contributed by atoms with Gasteiger partial charge in [0.2, 0.25) is 11.8 Å². The molecule has 0 spiro atoms. The van der Waals surface area contributed by atoms with Crippen LogP contribution in [0.1, 0.15) is 170 Å². The van der Waals surface area contributed by atoms with Gasteiger partial charge in [-0.05, 0) is 208 Å². The maximum Gasteiger partial charge on any atom is 0.266 e. The Kier molecular flexibility index (Phi) is 16.7. The number of carbonyl (C=O) groups excluding carboxylic acids is 2. The van der Waals surface area contributed by atoms with Gasteiger partial charge in [-0.1, -0.05) is 41.5 Å². The number of aliphatic hydroxyl groups excluding tert-OH is 2. The maximum absolute atomic E-state index is 12.5. The molecule has 8 fully saturated rings. The van der Waals surface area contributed by atoms with E-state index in [2.05, 4.69) is 62.8 Å². The van der Waals surface area contributed by atoms with Crippen LogP contribution in [0.3, 0.4) is 0 Å². The van der Waals surface area contributed by atoms with Crippen molar-refractivity contribution >= 4 is 32.1 Å². The molecule has 8 aliphatic carbocycles. The van der Waals surface area contributed by atoms with E-state index in [1.807, 2.05) is 0 Å². The molecule has 0 bridgehead atoms. The molecule has 2 amide bonds. The first-order valence-corrected chi connectivity index (χ1v) is 31.3. The third-order valence-corrected chi connectivity index (χ3v) is 24.3. The zero-order valence-corrected chi connectivity index (χ0v) is 45.3. The second-order valence-corrected chi connectivity index (χ2v) is 29.3. The molecule has 0 heterocycles. The fourth-order valence-electron chi connectivity index (χ4n) is 19.3. The molecule has 14 nitrogen and oxygen atoms in total. The van der Waals surface area contributed by atoms with Gasteiger partial charge in [-0.3, -0.25) is 18.7 Å². The molecule has 402 valence electrons. The standard InChI is InChI=1S/C54H94N4O10S2/c1-33(7-13-47(61)57-25-27-69(63,64)65)39-9-11-41-49-43(17-21-53(39,41)5)51(3)19-15-37(29-35(51)31-45(49)59)55-23-24-56-38-16-20-52(4)36(30-38)32-46(60)50-42-12-10-40(54(42,6)22-18-44(50)52)34(2)8-14-48(62)58-26-28-70(66,67)68/h33-46,49-50,55-56,59-60H,7-32H2,1-6H3,(H,57,61)(H,58,62)(H,63,64,65)(H,66,67,68)/t33-,34-,35?,36?,37?,38?,39-,40-,41-,42-,43-,44-,45+,46+,49?,50?,51+,52+,53-,54-/m1/s1.